The molecule has 44 valence electrons. The molecule has 0 unspecified atom stereocenters. The first-order valence-electron chi connectivity index (χ1n) is 2.49. The Bertz CT molecular complexity index is 50.1. The molecule has 0 heterocycles. The van der Waals surface area contributed by atoms with E-state index in [1.54, 1.807) is 0 Å². The fourth-order valence-corrected chi connectivity index (χ4v) is 1.06. The van der Waals surface area contributed by atoms with Crippen molar-refractivity contribution in [2.75, 3.05) is 6.54 Å². The van der Waals surface area contributed by atoms with E-state index in [1.165, 1.54) is 0 Å². The van der Waals surface area contributed by atoms with Crippen molar-refractivity contribution >= 4 is 8.32 Å². The van der Waals surface area contributed by atoms with Crippen molar-refractivity contribution in [1.82, 2.24) is 0 Å². The molecule has 0 aliphatic rings. The number of hydrogen-bond donors (Lipinski definition) is 2. The molecule has 7 heavy (non-hydrogen) atoms. The first-order valence-corrected chi connectivity index (χ1v) is 5.64. The van der Waals surface area contributed by atoms with E-state index in [2.05, 4.69) is 0 Å². The van der Waals surface area contributed by atoms with Gasteiger partial charge in [-0.05, 0) is 25.7 Å². The van der Waals surface area contributed by atoms with Crippen LogP contribution in [0.3, 0.4) is 0 Å². The van der Waals surface area contributed by atoms with Gasteiger partial charge in [-0.15, -0.1) is 0 Å². The fourth-order valence-electron chi connectivity index (χ4n) is 0.353. The van der Waals surface area contributed by atoms with E-state index in [9.17, 15) is 0 Å². The molecule has 0 amide bonds. The van der Waals surface area contributed by atoms with E-state index in [1.807, 2.05) is 13.1 Å². The molecule has 0 aromatic rings. The molecule has 0 saturated heterocycles. The summed E-state index contributed by atoms with van der Waals surface area (Å²) in [5, 5.41) is 0. The Morgan fingerprint density at radius 3 is 2.00 bits per heavy atom. The summed E-state index contributed by atoms with van der Waals surface area (Å²) in [6.45, 7) is 4.40. The van der Waals surface area contributed by atoms with Crippen LogP contribution in [0, 0.1) is 0 Å². The Kier molecular flexibility index (Phi) is 2.49. The zero-order valence-electron chi connectivity index (χ0n) is 4.94. The second kappa shape index (κ2) is 2.45. The summed E-state index contributed by atoms with van der Waals surface area (Å²) >= 11 is 0. The molecule has 0 rings (SSSR count). The van der Waals surface area contributed by atoms with Gasteiger partial charge in [-0.25, -0.2) is 0 Å². The average Bonchev–Trinajstić information content (AvgIpc) is 1.30. The lowest BCUT2D eigenvalue weighted by atomic mass is 10.8. The Morgan fingerprint density at radius 1 is 1.57 bits per heavy atom. The van der Waals surface area contributed by atoms with E-state index in [0.717, 1.165) is 6.04 Å². The van der Waals surface area contributed by atoms with Gasteiger partial charge in [0.25, 0.3) is 0 Å². The normalized spacial score (nSPS) is 12.0. The van der Waals surface area contributed by atoms with E-state index in [-0.39, 0.29) is 0 Å². The lowest BCUT2D eigenvalue weighted by Crippen LogP contribution is -2.27. The quantitative estimate of drug-likeness (QED) is 0.508. The summed E-state index contributed by atoms with van der Waals surface area (Å²) in [4.78, 5) is 9.08. The molecule has 0 spiro atoms. The van der Waals surface area contributed by atoms with Crippen LogP contribution in [0.5, 0.6) is 0 Å². The van der Waals surface area contributed by atoms with Crippen LogP contribution in [-0.2, 0) is 0 Å². The van der Waals surface area contributed by atoms with Gasteiger partial charge >= 0.3 is 0 Å². The summed E-state index contributed by atoms with van der Waals surface area (Å²) in [6.07, 6.45) is 0. The predicted molar refractivity (Wildman–Crippen MR) is 33.6 cm³/mol. The maximum Gasteiger partial charge on any atom is 0.183 e. The van der Waals surface area contributed by atoms with Crippen LogP contribution < -0.4 is 5.73 Å². The van der Waals surface area contributed by atoms with Crippen molar-refractivity contribution < 1.29 is 4.80 Å². The third kappa shape index (κ3) is 6.14. The molecule has 3 heteroatoms. The Morgan fingerprint density at radius 2 is 2.00 bits per heavy atom. The highest BCUT2D eigenvalue weighted by Gasteiger charge is 2.13. The van der Waals surface area contributed by atoms with E-state index in [0.29, 0.717) is 6.54 Å². The fraction of sp³-hybridized carbons (Fsp3) is 1.00. The highest BCUT2D eigenvalue weighted by molar-refractivity contribution is 6.69. The van der Waals surface area contributed by atoms with Crippen molar-refractivity contribution in [2.45, 2.75) is 19.1 Å². The lowest BCUT2D eigenvalue weighted by molar-refractivity contribution is 0.548. The maximum absolute atomic E-state index is 9.08. The Hall–Kier alpha value is 0.137. The summed E-state index contributed by atoms with van der Waals surface area (Å²) in [7, 11) is -1.78. The number of rotatable bonds is 2. The van der Waals surface area contributed by atoms with Crippen molar-refractivity contribution in [3.8, 4) is 0 Å². The molecule has 2 nitrogen and oxygen atoms in total. The molecular weight excluding hydrogens is 106 g/mol. The minimum absolute atomic E-state index is 0.621. The van der Waals surface area contributed by atoms with E-state index in [4.69, 9.17) is 10.5 Å². The molecule has 0 saturated carbocycles. The molecule has 3 N–H and O–H groups in total. The highest BCUT2D eigenvalue weighted by atomic mass is 28.4. The first kappa shape index (κ1) is 7.14. The topological polar surface area (TPSA) is 46.2 Å². The van der Waals surface area contributed by atoms with Crippen molar-refractivity contribution in [1.29, 1.82) is 0 Å². The SMILES string of the molecule is C[Si](C)(O)CCN. The number of hydrogen-bond acceptors (Lipinski definition) is 2. The summed E-state index contributed by atoms with van der Waals surface area (Å²) in [5.74, 6) is 0. The van der Waals surface area contributed by atoms with Gasteiger partial charge in [0.05, 0.1) is 0 Å². The molecule has 0 radical (unpaired) electrons. The average molecular weight is 119 g/mol. The van der Waals surface area contributed by atoms with Gasteiger partial charge in [-0.2, -0.15) is 0 Å². The molecular formula is C4H13NOSi. The van der Waals surface area contributed by atoms with Crippen LogP contribution in [0.2, 0.25) is 19.1 Å². The van der Waals surface area contributed by atoms with Gasteiger partial charge in [0.1, 0.15) is 0 Å². The van der Waals surface area contributed by atoms with Crippen LogP contribution in [0.25, 0.3) is 0 Å². The van der Waals surface area contributed by atoms with Crippen LogP contribution in [-0.4, -0.2) is 19.7 Å². The van der Waals surface area contributed by atoms with Gasteiger partial charge in [0, 0.05) is 0 Å². The maximum atomic E-state index is 9.08. The minimum Gasteiger partial charge on any atom is -0.432 e. The predicted octanol–water partition coefficient (Wildman–Crippen LogP) is 0.142. The van der Waals surface area contributed by atoms with Gasteiger partial charge in [0.2, 0.25) is 0 Å². The van der Waals surface area contributed by atoms with Crippen molar-refractivity contribution in [3.63, 3.8) is 0 Å². The van der Waals surface area contributed by atoms with E-state index >= 15 is 0 Å². The standard InChI is InChI=1S/C4H13NOSi/c1-7(2,6)4-3-5/h6H,3-5H2,1-2H3. The molecule has 0 atom stereocenters. The summed E-state index contributed by atoms with van der Waals surface area (Å²) < 4.78 is 0. The highest BCUT2D eigenvalue weighted by Crippen LogP contribution is 1.99. The zero-order chi connectivity index (χ0) is 5.91. The largest absolute Gasteiger partial charge is 0.432 e. The molecule has 0 bridgehead atoms. The molecule has 0 aliphatic heterocycles. The van der Waals surface area contributed by atoms with Crippen LogP contribution in [0.1, 0.15) is 0 Å². The summed E-state index contributed by atoms with van der Waals surface area (Å²) in [5.41, 5.74) is 5.19. The minimum atomic E-state index is -1.78. The van der Waals surface area contributed by atoms with Gasteiger partial charge < -0.3 is 10.5 Å². The third-order valence-corrected chi connectivity index (χ3v) is 2.27. The van der Waals surface area contributed by atoms with Crippen LogP contribution >= 0.6 is 0 Å². The van der Waals surface area contributed by atoms with E-state index < -0.39 is 8.32 Å². The molecule has 0 aliphatic carbocycles. The third-order valence-electron chi connectivity index (χ3n) is 0.756. The zero-order valence-corrected chi connectivity index (χ0v) is 5.94. The second-order valence-corrected chi connectivity index (χ2v) is 6.48. The number of nitrogens with two attached hydrogens (primary N) is 1. The Labute approximate surface area is 45.5 Å². The smallest absolute Gasteiger partial charge is 0.183 e. The lowest BCUT2D eigenvalue weighted by Gasteiger charge is -2.10. The molecule has 0 fully saturated rings. The summed E-state index contributed by atoms with van der Waals surface area (Å²) in [6, 6.07) is 0.812. The van der Waals surface area contributed by atoms with Crippen LogP contribution in [0.15, 0.2) is 0 Å². The van der Waals surface area contributed by atoms with Crippen LogP contribution in [0.4, 0.5) is 0 Å². The second-order valence-electron chi connectivity index (χ2n) is 2.35. The monoisotopic (exact) mass is 119 g/mol. The Balaban J connectivity index is 3.15. The molecule has 0 aromatic carbocycles. The molecule has 0 aromatic heterocycles. The van der Waals surface area contributed by atoms with Crippen molar-refractivity contribution in [3.05, 3.63) is 0 Å². The first-order chi connectivity index (χ1) is 3.06. The van der Waals surface area contributed by atoms with Gasteiger partial charge in [-0.1, -0.05) is 0 Å². The van der Waals surface area contributed by atoms with Gasteiger partial charge in [-0.3, -0.25) is 0 Å². The van der Waals surface area contributed by atoms with Gasteiger partial charge in [0.15, 0.2) is 8.32 Å². The van der Waals surface area contributed by atoms with Crippen molar-refractivity contribution in [2.24, 2.45) is 5.73 Å².